The topological polar surface area (TPSA) is 85.6 Å². The number of Topliss-reactive ketones (excluding diaryl/α,β-unsaturated/α-hetero) is 1. The molecule has 8 nitrogen and oxygen atoms in total. The fourth-order valence-electron chi connectivity index (χ4n) is 3.88. The van der Waals surface area contributed by atoms with Crippen molar-refractivity contribution < 1.29 is 37.6 Å². The average molecular weight is 398 g/mol. The molecule has 0 bridgehead atoms. The van der Waals surface area contributed by atoms with E-state index in [-0.39, 0.29) is 23.9 Å². The molecule has 0 unspecified atom stereocenters. The molecule has 0 N–H and O–H groups in total. The monoisotopic (exact) mass is 398 g/mol. The van der Waals surface area contributed by atoms with Crippen LogP contribution in [-0.2, 0) is 4.74 Å². The van der Waals surface area contributed by atoms with Crippen molar-refractivity contribution >= 4 is 16.8 Å². The number of furan rings is 1. The van der Waals surface area contributed by atoms with Crippen molar-refractivity contribution in [2.75, 3.05) is 28.1 Å². The summed E-state index contributed by atoms with van der Waals surface area (Å²) < 4.78 is 39.2. The number of ether oxygens (including phenoxy) is 6. The summed E-state index contributed by atoms with van der Waals surface area (Å²) in [7, 11) is 4.42. The van der Waals surface area contributed by atoms with Crippen LogP contribution < -0.4 is 23.7 Å². The molecular formula is C21H18O8. The number of hydrogen-bond acceptors (Lipinski definition) is 8. The number of carbonyl (C=O) groups is 1. The van der Waals surface area contributed by atoms with Crippen LogP contribution in [0.4, 0.5) is 0 Å². The first kappa shape index (κ1) is 17.7. The van der Waals surface area contributed by atoms with E-state index in [1.807, 2.05) is 6.07 Å². The van der Waals surface area contributed by atoms with E-state index in [1.54, 1.807) is 18.2 Å². The van der Waals surface area contributed by atoms with Gasteiger partial charge < -0.3 is 32.8 Å². The van der Waals surface area contributed by atoms with Gasteiger partial charge in [0.1, 0.15) is 11.3 Å². The maximum Gasteiger partial charge on any atom is 0.231 e. The van der Waals surface area contributed by atoms with Crippen molar-refractivity contribution in [3.8, 4) is 28.7 Å². The lowest BCUT2D eigenvalue weighted by Gasteiger charge is -2.33. The molecule has 1 aromatic heterocycles. The van der Waals surface area contributed by atoms with Crippen molar-refractivity contribution in [1.29, 1.82) is 0 Å². The van der Waals surface area contributed by atoms with E-state index in [1.165, 1.54) is 27.6 Å². The third-order valence-corrected chi connectivity index (χ3v) is 5.19. The second-order valence-electron chi connectivity index (χ2n) is 6.61. The lowest BCUT2D eigenvalue weighted by molar-refractivity contribution is -0.000458. The molecule has 0 amide bonds. The predicted octanol–water partition coefficient (Wildman–Crippen LogP) is 3.51. The van der Waals surface area contributed by atoms with E-state index in [0.29, 0.717) is 34.0 Å². The molecule has 0 aliphatic carbocycles. The van der Waals surface area contributed by atoms with Gasteiger partial charge in [-0.15, -0.1) is 0 Å². The van der Waals surface area contributed by atoms with Crippen LogP contribution in [0, 0.1) is 0 Å². The summed E-state index contributed by atoms with van der Waals surface area (Å²) in [6, 6.07) is 7.14. The van der Waals surface area contributed by atoms with E-state index in [9.17, 15) is 4.79 Å². The van der Waals surface area contributed by atoms with Crippen LogP contribution >= 0.6 is 0 Å². The highest BCUT2D eigenvalue weighted by molar-refractivity contribution is 6.12. The Kier molecular flexibility index (Phi) is 4.02. The van der Waals surface area contributed by atoms with Crippen LogP contribution in [0.1, 0.15) is 22.0 Å². The van der Waals surface area contributed by atoms with Crippen LogP contribution in [0.25, 0.3) is 11.0 Å². The van der Waals surface area contributed by atoms with Crippen LogP contribution in [-0.4, -0.2) is 40.0 Å². The molecule has 3 heterocycles. The van der Waals surface area contributed by atoms with Crippen LogP contribution in [0.5, 0.6) is 28.7 Å². The number of methoxy groups -OCH3 is 3. The second kappa shape index (κ2) is 6.59. The van der Waals surface area contributed by atoms with Crippen LogP contribution in [0.15, 0.2) is 34.9 Å². The quantitative estimate of drug-likeness (QED) is 0.660. The molecule has 2 aliphatic rings. The highest BCUT2D eigenvalue weighted by Gasteiger charge is 2.43. The van der Waals surface area contributed by atoms with Crippen molar-refractivity contribution in [2.45, 2.75) is 12.2 Å². The summed E-state index contributed by atoms with van der Waals surface area (Å²) in [5.74, 6) is 1.93. The minimum Gasteiger partial charge on any atom is -0.492 e. The van der Waals surface area contributed by atoms with Gasteiger partial charge in [-0.3, -0.25) is 4.79 Å². The lowest BCUT2D eigenvalue weighted by Crippen LogP contribution is -2.38. The molecule has 3 aromatic rings. The van der Waals surface area contributed by atoms with Crippen LogP contribution in [0.3, 0.4) is 0 Å². The Labute approximate surface area is 165 Å². The Morgan fingerprint density at radius 2 is 1.79 bits per heavy atom. The maximum absolute atomic E-state index is 13.5. The Balaban J connectivity index is 1.71. The van der Waals surface area contributed by atoms with Gasteiger partial charge in [0.05, 0.1) is 25.9 Å². The van der Waals surface area contributed by atoms with Gasteiger partial charge in [-0.25, -0.2) is 0 Å². The van der Waals surface area contributed by atoms with Gasteiger partial charge in [0.15, 0.2) is 35.0 Å². The number of fused-ring (bicyclic) bond motifs is 4. The number of hydrogen-bond donors (Lipinski definition) is 0. The summed E-state index contributed by atoms with van der Waals surface area (Å²) >= 11 is 0. The minimum absolute atomic E-state index is 0.159. The van der Waals surface area contributed by atoms with E-state index in [2.05, 4.69) is 0 Å². The third-order valence-electron chi connectivity index (χ3n) is 5.19. The van der Waals surface area contributed by atoms with Gasteiger partial charge >= 0.3 is 0 Å². The molecule has 0 spiro atoms. The molecular weight excluding hydrogens is 380 g/mol. The molecule has 29 heavy (non-hydrogen) atoms. The minimum atomic E-state index is -0.883. The zero-order valence-electron chi connectivity index (χ0n) is 16.0. The zero-order valence-corrected chi connectivity index (χ0v) is 16.0. The summed E-state index contributed by atoms with van der Waals surface area (Å²) in [4.78, 5) is 13.5. The lowest BCUT2D eigenvalue weighted by atomic mass is 9.91. The Morgan fingerprint density at radius 1 is 1.00 bits per heavy atom. The Bertz CT molecular complexity index is 1120. The Morgan fingerprint density at radius 3 is 2.55 bits per heavy atom. The maximum atomic E-state index is 13.5. The van der Waals surface area contributed by atoms with E-state index >= 15 is 0 Å². The first-order valence-electron chi connectivity index (χ1n) is 8.96. The van der Waals surface area contributed by atoms with E-state index in [4.69, 9.17) is 32.8 Å². The molecule has 2 aliphatic heterocycles. The average Bonchev–Trinajstić information content (AvgIpc) is 3.41. The van der Waals surface area contributed by atoms with Crippen molar-refractivity contribution in [2.24, 2.45) is 0 Å². The molecule has 8 heteroatoms. The number of carbonyl (C=O) groups excluding carboxylic acids is 1. The standard InChI is InChI=1S/C21H18O8/c1-23-19-14-15(22)20(24-2)16(10-4-5-12-13(8-10)28-9-27-12)29-17(14)11-6-7-26-18(11)21(19)25-3/h4-8,16,20H,9H2,1-3H3/t16-,20-/m1/s1. The Hall–Kier alpha value is -3.39. The van der Waals surface area contributed by atoms with E-state index in [0.717, 1.165) is 5.56 Å². The van der Waals surface area contributed by atoms with Crippen LogP contribution in [0.2, 0.25) is 0 Å². The molecule has 0 fully saturated rings. The van der Waals surface area contributed by atoms with Gasteiger partial charge in [0.25, 0.3) is 0 Å². The SMILES string of the molecule is COc1c2c(c3ccoc3c1OC)O[C@H](c1ccc3c(c1)OCO3)[C@H](OC)C2=O. The highest BCUT2D eigenvalue weighted by atomic mass is 16.7. The fourth-order valence-corrected chi connectivity index (χ4v) is 3.88. The highest BCUT2D eigenvalue weighted by Crippen LogP contribution is 2.51. The summed E-state index contributed by atoms with van der Waals surface area (Å²) in [6.07, 6.45) is -0.0600. The molecule has 2 aromatic carbocycles. The van der Waals surface area contributed by atoms with Crippen molar-refractivity contribution in [3.63, 3.8) is 0 Å². The molecule has 0 radical (unpaired) electrons. The largest absolute Gasteiger partial charge is 0.492 e. The van der Waals surface area contributed by atoms with Crippen molar-refractivity contribution in [1.82, 2.24) is 0 Å². The van der Waals surface area contributed by atoms with Gasteiger partial charge in [-0.1, -0.05) is 6.07 Å². The molecule has 5 rings (SSSR count). The first-order valence-corrected chi connectivity index (χ1v) is 8.96. The zero-order chi connectivity index (χ0) is 20.1. The van der Waals surface area contributed by atoms with Gasteiger partial charge in [0, 0.05) is 7.11 Å². The summed E-state index contributed by atoms with van der Waals surface area (Å²) in [6.45, 7) is 0.159. The predicted molar refractivity (Wildman–Crippen MR) is 100 cm³/mol. The number of benzene rings is 2. The fraction of sp³-hybridized carbons (Fsp3) is 0.286. The van der Waals surface area contributed by atoms with E-state index < -0.39 is 12.2 Å². The summed E-state index contributed by atoms with van der Waals surface area (Å²) in [5, 5.41) is 0.617. The first-order chi connectivity index (χ1) is 14.2. The smallest absolute Gasteiger partial charge is 0.231 e. The number of ketones is 1. The molecule has 0 saturated carbocycles. The number of rotatable bonds is 4. The third kappa shape index (κ3) is 2.45. The van der Waals surface area contributed by atoms with Gasteiger partial charge in [-0.2, -0.15) is 0 Å². The summed E-state index contributed by atoms with van der Waals surface area (Å²) in [5.41, 5.74) is 1.44. The van der Waals surface area contributed by atoms with Crippen molar-refractivity contribution in [3.05, 3.63) is 41.7 Å². The second-order valence-corrected chi connectivity index (χ2v) is 6.61. The van der Waals surface area contributed by atoms with Gasteiger partial charge in [0.2, 0.25) is 18.3 Å². The molecule has 0 saturated heterocycles. The normalized spacial score (nSPS) is 19.8. The molecule has 2 atom stereocenters. The van der Waals surface area contributed by atoms with Gasteiger partial charge in [-0.05, 0) is 23.8 Å². The molecule has 150 valence electrons.